The van der Waals surface area contributed by atoms with Crippen LogP contribution in [0.4, 0.5) is 4.79 Å². The predicted octanol–water partition coefficient (Wildman–Crippen LogP) is -0.0184. The third-order valence-corrected chi connectivity index (χ3v) is 7.77. The molecule has 34 heavy (non-hydrogen) atoms. The van der Waals surface area contributed by atoms with Crippen LogP contribution in [-0.4, -0.2) is 105 Å². The van der Waals surface area contributed by atoms with Gasteiger partial charge >= 0.3 is 6.03 Å². The van der Waals surface area contributed by atoms with E-state index in [4.69, 9.17) is 14.2 Å². The van der Waals surface area contributed by atoms with E-state index in [0.29, 0.717) is 63.9 Å². The first-order valence-electron chi connectivity index (χ1n) is 12.6. The molecule has 3 heterocycles. The van der Waals surface area contributed by atoms with Crippen molar-refractivity contribution in [1.82, 2.24) is 31.9 Å². The van der Waals surface area contributed by atoms with Gasteiger partial charge in [-0.1, -0.05) is 13.3 Å². The third-order valence-electron chi connectivity index (χ3n) is 6.26. The molecule has 3 saturated heterocycles. The van der Waals surface area contributed by atoms with Crippen LogP contribution in [-0.2, 0) is 19.0 Å². The fourth-order valence-electron chi connectivity index (χ4n) is 4.26. The standard InChI is InChI=1S/C22H42N6O5S/c1-2-17-15-28(27-26-17)8-10-32-12-14-33-13-11-31-9-7-23-20(29)6-4-3-5-19-21-18(16-34-19)24-22(30)25-21/h17-19,21,26-27H,2-16H2,1H3,(H,23,29)(H2,24,25,30). The second-order valence-corrected chi connectivity index (χ2v) is 10.1. The molecule has 3 rings (SSSR count). The summed E-state index contributed by atoms with van der Waals surface area (Å²) in [4.78, 5) is 23.4. The molecule has 0 bridgehead atoms. The van der Waals surface area contributed by atoms with Crippen molar-refractivity contribution < 1.29 is 23.8 Å². The molecule has 3 amide bonds. The molecule has 5 N–H and O–H groups in total. The molecule has 0 aromatic rings. The van der Waals surface area contributed by atoms with Crippen molar-refractivity contribution in [2.45, 2.75) is 62.4 Å². The highest BCUT2D eigenvalue weighted by Gasteiger charge is 2.42. The fraction of sp³-hybridized carbons (Fsp3) is 0.909. The molecule has 0 aromatic carbocycles. The summed E-state index contributed by atoms with van der Waals surface area (Å²) < 4.78 is 16.6. The first-order valence-corrected chi connectivity index (χ1v) is 13.6. The van der Waals surface area contributed by atoms with Gasteiger partial charge in [0.1, 0.15) is 0 Å². The summed E-state index contributed by atoms with van der Waals surface area (Å²) >= 11 is 1.91. The van der Waals surface area contributed by atoms with Crippen LogP contribution in [0.5, 0.6) is 0 Å². The van der Waals surface area contributed by atoms with E-state index < -0.39 is 0 Å². The van der Waals surface area contributed by atoms with Crippen molar-refractivity contribution in [3.05, 3.63) is 0 Å². The molecule has 4 unspecified atom stereocenters. The number of hydrogen-bond donors (Lipinski definition) is 5. The first-order chi connectivity index (χ1) is 16.7. The number of unbranched alkanes of at least 4 members (excludes halogenated alkanes) is 1. The number of fused-ring (bicyclic) bond motifs is 1. The summed E-state index contributed by atoms with van der Waals surface area (Å²) in [6.07, 6.45) is 4.52. The number of nitrogens with one attached hydrogen (secondary N) is 5. The van der Waals surface area contributed by atoms with E-state index in [1.54, 1.807) is 0 Å². The Morgan fingerprint density at radius 2 is 1.85 bits per heavy atom. The molecule has 11 nitrogen and oxygen atoms in total. The number of amides is 3. The second kappa shape index (κ2) is 15.8. The molecule has 0 radical (unpaired) electrons. The highest BCUT2D eigenvalue weighted by molar-refractivity contribution is 8.00. The number of hydrogen-bond acceptors (Lipinski definition) is 9. The summed E-state index contributed by atoms with van der Waals surface area (Å²) in [6, 6.07) is 0.961. The maximum absolute atomic E-state index is 12.0. The number of ether oxygens (including phenoxy) is 3. The number of rotatable bonds is 18. The van der Waals surface area contributed by atoms with Gasteiger partial charge in [-0.05, 0) is 19.3 Å². The maximum Gasteiger partial charge on any atom is 0.315 e. The summed E-state index contributed by atoms with van der Waals surface area (Å²) in [5.41, 5.74) is 6.37. The highest BCUT2D eigenvalue weighted by Crippen LogP contribution is 2.33. The molecular weight excluding hydrogens is 460 g/mol. The Hall–Kier alpha value is -1.15. The van der Waals surface area contributed by atoms with E-state index in [0.717, 1.165) is 44.5 Å². The van der Waals surface area contributed by atoms with Crippen LogP contribution >= 0.6 is 11.8 Å². The van der Waals surface area contributed by atoms with Gasteiger partial charge in [0.05, 0.1) is 51.7 Å². The summed E-state index contributed by atoms with van der Waals surface area (Å²) in [6.45, 7) is 7.81. The molecule has 0 aliphatic carbocycles. The van der Waals surface area contributed by atoms with E-state index >= 15 is 0 Å². The summed E-state index contributed by atoms with van der Waals surface area (Å²) in [5, 5.41) is 11.4. The molecule has 3 aliphatic rings. The smallest absolute Gasteiger partial charge is 0.315 e. The van der Waals surface area contributed by atoms with Crippen molar-refractivity contribution >= 4 is 23.7 Å². The highest BCUT2D eigenvalue weighted by atomic mass is 32.2. The van der Waals surface area contributed by atoms with Gasteiger partial charge in [0.2, 0.25) is 5.91 Å². The van der Waals surface area contributed by atoms with Crippen LogP contribution in [0.2, 0.25) is 0 Å². The number of urea groups is 1. The first kappa shape index (κ1) is 27.4. The van der Waals surface area contributed by atoms with Crippen molar-refractivity contribution in [1.29, 1.82) is 0 Å². The largest absolute Gasteiger partial charge is 0.378 e. The monoisotopic (exact) mass is 502 g/mol. The predicted molar refractivity (Wildman–Crippen MR) is 131 cm³/mol. The minimum Gasteiger partial charge on any atom is -0.378 e. The van der Waals surface area contributed by atoms with Gasteiger partial charge in [0.25, 0.3) is 0 Å². The molecule has 4 atom stereocenters. The Bertz CT molecular complexity index is 618. The van der Waals surface area contributed by atoms with E-state index in [-0.39, 0.29) is 24.0 Å². The quantitative estimate of drug-likeness (QED) is 0.130. The second-order valence-electron chi connectivity index (χ2n) is 8.86. The van der Waals surface area contributed by atoms with Crippen LogP contribution < -0.4 is 26.9 Å². The zero-order valence-electron chi connectivity index (χ0n) is 20.3. The van der Waals surface area contributed by atoms with Crippen LogP contribution in [0.1, 0.15) is 39.0 Å². The number of carbonyl (C=O) groups is 2. The molecular formula is C22H42N6O5S. The van der Waals surface area contributed by atoms with Crippen LogP contribution in [0, 0.1) is 0 Å². The van der Waals surface area contributed by atoms with Crippen LogP contribution in [0.25, 0.3) is 0 Å². The molecule has 12 heteroatoms. The Morgan fingerprint density at radius 1 is 1.09 bits per heavy atom. The van der Waals surface area contributed by atoms with Crippen molar-refractivity contribution in [3.8, 4) is 0 Å². The summed E-state index contributed by atoms with van der Waals surface area (Å²) in [7, 11) is 0. The number of carbonyl (C=O) groups excluding carboxylic acids is 2. The van der Waals surface area contributed by atoms with Gasteiger partial charge in [0.15, 0.2) is 0 Å². The summed E-state index contributed by atoms with van der Waals surface area (Å²) in [5.74, 6) is 1.04. The minimum atomic E-state index is -0.0492. The van der Waals surface area contributed by atoms with E-state index in [1.807, 2.05) is 11.8 Å². The van der Waals surface area contributed by atoms with E-state index in [2.05, 4.69) is 38.8 Å². The lowest BCUT2D eigenvalue weighted by Crippen LogP contribution is -2.38. The van der Waals surface area contributed by atoms with Crippen LogP contribution in [0.15, 0.2) is 0 Å². The topological polar surface area (TPSA) is 125 Å². The minimum absolute atomic E-state index is 0.0492. The zero-order valence-corrected chi connectivity index (χ0v) is 21.1. The van der Waals surface area contributed by atoms with Crippen molar-refractivity contribution in [2.75, 3.05) is 65.0 Å². The number of hydrazine groups is 2. The Kier molecular flexibility index (Phi) is 12.7. The number of thioether (sulfide) groups is 1. The molecule has 3 aliphatic heterocycles. The average molecular weight is 503 g/mol. The zero-order chi connectivity index (χ0) is 24.0. The maximum atomic E-state index is 12.0. The average Bonchev–Trinajstić information content (AvgIpc) is 3.53. The Labute approximate surface area is 207 Å². The SMILES string of the molecule is CCC1CN(CCOCCOCCOCCNC(=O)CCCCC2SCC3NC(=O)NC32)NN1. The van der Waals surface area contributed by atoms with E-state index in [1.165, 1.54) is 0 Å². The molecule has 0 aromatic heterocycles. The lowest BCUT2D eigenvalue weighted by Gasteiger charge is -2.16. The molecule has 0 saturated carbocycles. The van der Waals surface area contributed by atoms with Crippen molar-refractivity contribution in [2.24, 2.45) is 0 Å². The normalized spacial score (nSPS) is 26.4. The van der Waals surface area contributed by atoms with Gasteiger partial charge in [0, 0.05) is 43.1 Å². The molecule has 196 valence electrons. The van der Waals surface area contributed by atoms with Gasteiger partial charge in [-0.25, -0.2) is 15.2 Å². The van der Waals surface area contributed by atoms with Gasteiger partial charge in [-0.15, -0.1) is 0 Å². The van der Waals surface area contributed by atoms with E-state index in [9.17, 15) is 9.59 Å². The third kappa shape index (κ3) is 9.84. The lowest BCUT2D eigenvalue weighted by atomic mass is 10.0. The van der Waals surface area contributed by atoms with Crippen molar-refractivity contribution in [3.63, 3.8) is 0 Å². The Morgan fingerprint density at radius 3 is 2.62 bits per heavy atom. The Balaban J connectivity index is 1.03. The fourth-order valence-corrected chi connectivity index (χ4v) is 5.80. The van der Waals surface area contributed by atoms with Gasteiger partial charge < -0.3 is 30.2 Å². The van der Waals surface area contributed by atoms with Gasteiger partial charge in [-0.2, -0.15) is 17.3 Å². The van der Waals surface area contributed by atoms with Gasteiger partial charge in [-0.3, -0.25) is 4.79 Å². The molecule has 3 fully saturated rings. The number of nitrogens with zero attached hydrogens (tertiary/aromatic N) is 1. The van der Waals surface area contributed by atoms with Crippen LogP contribution in [0.3, 0.4) is 0 Å². The molecule has 0 spiro atoms. The lowest BCUT2D eigenvalue weighted by molar-refractivity contribution is -0.121.